The van der Waals surface area contributed by atoms with Crippen LogP contribution in [0.5, 0.6) is 5.75 Å². The highest BCUT2D eigenvalue weighted by Gasteiger charge is 2.22. The van der Waals surface area contributed by atoms with Gasteiger partial charge in [0.25, 0.3) is 0 Å². The minimum atomic E-state index is 0.621. The third kappa shape index (κ3) is 1.68. The smallest absolute Gasteiger partial charge is 0.128 e. The molecule has 0 spiro atoms. The van der Waals surface area contributed by atoms with Gasteiger partial charge in [0.05, 0.1) is 19.2 Å². The van der Waals surface area contributed by atoms with Crippen molar-refractivity contribution >= 4 is 0 Å². The van der Waals surface area contributed by atoms with Gasteiger partial charge in [-0.1, -0.05) is 12.1 Å². The molecule has 0 bridgehead atoms. The van der Waals surface area contributed by atoms with Gasteiger partial charge in [0.15, 0.2) is 0 Å². The van der Waals surface area contributed by atoms with Crippen molar-refractivity contribution in [1.82, 2.24) is 0 Å². The van der Waals surface area contributed by atoms with Gasteiger partial charge in [-0.2, -0.15) is 0 Å². The molecule has 1 atom stereocenters. The Bertz CT molecular complexity index is 279. The molecule has 2 N–H and O–H groups in total. The van der Waals surface area contributed by atoms with Gasteiger partial charge < -0.3 is 10.1 Å². The number of hydrogen-bond acceptors (Lipinski definition) is 1. The van der Waals surface area contributed by atoms with Gasteiger partial charge in [-0.3, -0.25) is 0 Å². The zero-order chi connectivity index (χ0) is 9.10. The van der Waals surface area contributed by atoms with E-state index in [4.69, 9.17) is 4.74 Å². The molecule has 1 aliphatic heterocycles. The van der Waals surface area contributed by atoms with Gasteiger partial charge in [0, 0.05) is 12.8 Å². The highest BCUT2D eigenvalue weighted by molar-refractivity contribution is 5.34. The number of benzene rings is 1. The molecular weight excluding hydrogens is 162 g/mol. The van der Waals surface area contributed by atoms with E-state index in [1.807, 2.05) is 12.1 Å². The lowest BCUT2D eigenvalue weighted by molar-refractivity contribution is -0.676. The van der Waals surface area contributed by atoms with Crippen LogP contribution >= 0.6 is 0 Å². The SMILES string of the molecule is COc1ccccc1[C@@H]1CCC[NH2+]1. The largest absolute Gasteiger partial charge is 0.496 e. The van der Waals surface area contributed by atoms with Crippen LogP contribution in [0.25, 0.3) is 0 Å². The molecule has 1 fully saturated rings. The normalized spacial score (nSPS) is 21.8. The molecule has 1 aromatic carbocycles. The summed E-state index contributed by atoms with van der Waals surface area (Å²) in [5.41, 5.74) is 1.35. The molecule has 2 nitrogen and oxygen atoms in total. The van der Waals surface area contributed by atoms with Crippen molar-refractivity contribution in [1.29, 1.82) is 0 Å². The molecule has 70 valence electrons. The molecule has 1 aliphatic rings. The highest BCUT2D eigenvalue weighted by atomic mass is 16.5. The van der Waals surface area contributed by atoms with Crippen LogP contribution in [0.15, 0.2) is 24.3 Å². The van der Waals surface area contributed by atoms with E-state index in [1.54, 1.807) is 7.11 Å². The van der Waals surface area contributed by atoms with E-state index in [2.05, 4.69) is 17.4 Å². The van der Waals surface area contributed by atoms with Gasteiger partial charge in [-0.25, -0.2) is 0 Å². The van der Waals surface area contributed by atoms with E-state index in [9.17, 15) is 0 Å². The van der Waals surface area contributed by atoms with Crippen molar-refractivity contribution in [3.8, 4) is 5.75 Å². The van der Waals surface area contributed by atoms with Gasteiger partial charge >= 0.3 is 0 Å². The first-order chi connectivity index (χ1) is 6.42. The maximum atomic E-state index is 5.34. The summed E-state index contributed by atoms with van der Waals surface area (Å²) in [5, 5.41) is 2.40. The van der Waals surface area contributed by atoms with Gasteiger partial charge in [-0.15, -0.1) is 0 Å². The van der Waals surface area contributed by atoms with Gasteiger partial charge in [-0.05, 0) is 12.1 Å². The fourth-order valence-corrected chi connectivity index (χ4v) is 2.03. The second-order valence-electron chi connectivity index (χ2n) is 3.52. The predicted octanol–water partition coefficient (Wildman–Crippen LogP) is 1.09. The highest BCUT2D eigenvalue weighted by Crippen LogP contribution is 2.26. The van der Waals surface area contributed by atoms with Crippen LogP contribution in [0.1, 0.15) is 24.4 Å². The van der Waals surface area contributed by atoms with Crippen molar-refractivity contribution in [2.75, 3.05) is 13.7 Å². The van der Waals surface area contributed by atoms with Crippen molar-refractivity contribution < 1.29 is 10.1 Å². The number of nitrogens with two attached hydrogens (primary N) is 1. The van der Waals surface area contributed by atoms with Gasteiger partial charge in [0.1, 0.15) is 11.8 Å². The molecule has 0 aromatic heterocycles. The van der Waals surface area contributed by atoms with Crippen LogP contribution in [0, 0.1) is 0 Å². The van der Waals surface area contributed by atoms with Crippen molar-refractivity contribution in [3.05, 3.63) is 29.8 Å². The minimum Gasteiger partial charge on any atom is -0.496 e. The summed E-state index contributed by atoms with van der Waals surface area (Å²) in [6, 6.07) is 8.95. The van der Waals surface area contributed by atoms with Crippen molar-refractivity contribution in [2.45, 2.75) is 18.9 Å². The summed E-state index contributed by atoms with van der Waals surface area (Å²) in [6.45, 7) is 1.25. The Morgan fingerprint density at radius 1 is 1.38 bits per heavy atom. The fourth-order valence-electron chi connectivity index (χ4n) is 2.03. The standard InChI is InChI=1S/C11H15NO/c1-13-11-7-3-2-5-9(11)10-6-4-8-12-10/h2-3,5,7,10,12H,4,6,8H2,1H3/p+1/t10-/m0/s1. The Labute approximate surface area is 78.9 Å². The Balaban J connectivity index is 2.26. The molecule has 1 heterocycles. The average Bonchev–Trinajstić information content (AvgIpc) is 2.70. The molecule has 2 heteroatoms. The van der Waals surface area contributed by atoms with E-state index in [0.29, 0.717) is 6.04 Å². The second-order valence-corrected chi connectivity index (χ2v) is 3.52. The Hall–Kier alpha value is -1.02. The summed E-state index contributed by atoms with van der Waals surface area (Å²) in [5.74, 6) is 1.03. The minimum absolute atomic E-state index is 0.621. The van der Waals surface area contributed by atoms with E-state index in [1.165, 1.54) is 24.9 Å². The Morgan fingerprint density at radius 3 is 2.92 bits per heavy atom. The summed E-state index contributed by atoms with van der Waals surface area (Å²) < 4.78 is 5.34. The fraction of sp³-hybridized carbons (Fsp3) is 0.455. The van der Waals surface area contributed by atoms with Crippen LogP contribution in [-0.4, -0.2) is 13.7 Å². The number of hydrogen-bond donors (Lipinski definition) is 1. The van der Waals surface area contributed by atoms with Crippen LogP contribution in [0.3, 0.4) is 0 Å². The predicted molar refractivity (Wildman–Crippen MR) is 51.8 cm³/mol. The lowest BCUT2D eigenvalue weighted by Crippen LogP contribution is -2.81. The zero-order valence-electron chi connectivity index (χ0n) is 7.99. The molecular formula is C11H16NO+. The van der Waals surface area contributed by atoms with Crippen LogP contribution in [0.2, 0.25) is 0 Å². The molecule has 0 amide bonds. The summed E-state index contributed by atoms with van der Waals surface area (Å²) in [4.78, 5) is 0. The Kier molecular flexibility index (Phi) is 2.50. The van der Waals surface area contributed by atoms with E-state index < -0.39 is 0 Å². The summed E-state index contributed by atoms with van der Waals surface area (Å²) in [7, 11) is 1.74. The molecule has 0 unspecified atom stereocenters. The van der Waals surface area contributed by atoms with Crippen LogP contribution in [-0.2, 0) is 0 Å². The van der Waals surface area contributed by atoms with E-state index in [0.717, 1.165) is 5.75 Å². The van der Waals surface area contributed by atoms with E-state index >= 15 is 0 Å². The molecule has 0 aliphatic carbocycles. The third-order valence-corrected chi connectivity index (χ3v) is 2.71. The van der Waals surface area contributed by atoms with Crippen molar-refractivity contribution in [2.24, 2.45) is 0 Å². The maximum absolute atomic E-state index is 5.34. The molecule has 2 rings (SSSR count). The maximum Gasteiger partial charge on any atom is 0.128 e. The van der Waals surface area contributed by atoms with E-state index in [-0.39, 0.29) is 0 Å². The number of methoxy groups -OCH3 is 1. The number of quaternary nitrogens is 1. The Morgan fingerprint density at radius 2 is 2.23 bits per heavy atom. The lowest BCUT2D eigenvalue weighted by Gasteiger charge is -2.11. The van der Waals surface area contributed by atoms with Gasteiger partial charge in [0.2, 0.25) is 0 Å². The molecule has 1 aromatic rings. The first kappa shape index (κ1) is 8.57. The van der Waals surface area contributed by atoms with Crippen LogP contribution in [0.4, 0.5) is 0 Å². The quantitative estimate of drug-likeness (QED) is 0.721. The molecule has 13 heavy (non-hydrogen) atoms. The number of ether oxygens (including phenoxy) is 1. The summed E-state index contributed by atoms with van der Waals surface area (Å²) in [6.07, 6.45) is 2.60. The molecule has 0 saturated carbocycles. The topological polar surface area (TPSA) is 25.8 Å². The first-order valence-electron chi connectivity index (χ1n) is 4.88. The lowest BCUT2D eigenvalue weighted by atomic mass is 10.0. The zero-order valence-corrected chi connectivity index (χ0v) is 7.99. The van der Waals surface area contributed by atoms with Crippen molar-refractivity contribution in [3.63, 3.8) is 0 Å². The first-order valence-corrected chi connectivity index (χ1v) is 4.88. The third-order valence-electron chi connectivity index (χ3n) is 2.71. The summed E-state index contributed by atoms with van der Waals surface area (Å²) >= 11 is 0. The monoisotopic (exact) mass is 178 g/mol. The number of para-hydroxylation sites is 1. The average molecular weight is 178 g/mol. The number of rotatable bonds is 2. The van der Waals surface area contributed by atoms with Crippen LogP contribution < -0.4 is 10.1 Å². The second kappa shape index (κ2) is 3.79. The molecule has 1 saturated heterocycles. The molecule has 0 radical (unpaired) electrons.